The van der Waals surface area contributed by atoms with E-state index in [2.05, 4.69) is 0 Å². The molecule has 0 fully saturated rings. The third-order valence-electron chi connectivity index (χ3n) is 4.58. The largest absolute Gasteiger partial charge is 0.493 e. The van der Waals surface area contributed by atoms with Crippen molar-refractivity contribution in [2.75, 3.05) is 27.4 Å². The lowest BCUT2D eigenvalue weighted by Gasteiger charge is -2.19. The maximum atomic E-state index is 11.9. The smallest absolute Gasteiger partial charge is 0.338 e. The molecule has 0 amide bonds. The number of cyclic esters (lactones) is 1. The number of ether oxygens (including phenoxy) is 5. The van der Waals surface area contributed by atoms with Crippen LogP contribution in [0.15, 0.2) is 30.3 Å². The van der Waals surface area contributed by atoms with Crippen molar-refractivity contribution in [2.45, 2.75) is 26.4 Å². The number of carbonyl (C=O) groups is 2. The van der Waals surface area contributed by atoms with Gasteiger partial charge in [-0.15, -0.1) is 0 Å². The molecular weight excluding hydrogens is 376 g/mol. The molecule has 2 aromatic carbocycles. The Bertz CT molecular complexity index is 904. The van der Waals surface area contributed by atoms with Crippen LogP contribution in [-0.2, 0) is 20.9 Å². The van der Waals surface area contributed by atoms with Crippen LogP contribution in [0.1, 0.15) is 35.7 Å². The second-order valence-corrected chi connectivity index (χ2v) is 6.40. The first-order chi connectivity index (χ1) is 14.1. The fraction of sp³-hybridized carbons (Fsp3) is 0.364. The highest BCUT2D eigenvalue weighted by molar-refractivity contribution is 5.96. The van der Waals surface area contributed by atoms with Gasteiger partial charge in [-0.2, -0.15) is 0 Å². The number of hydrogen-bond acceptors (Lipinski definition) is 7. The molecule has 29 heavy (non-hydrogen) atoms. The van der Waals surface area contributed by atoms with E-state index in [1.54, 1.807) is 25.3 Å². The lowest BCUT2D eigenvalue weighted by atomic mass is 9.95. The minimum absolute atomic E-state index is 0.118. The van der Waals surface area contributed by atoms with E-state index < -0.39 is 0 Å². The molecule has 7 nitrogen and oxygen atoms in total. The summed E-state index contributed by atoms with van der Waals surface area (Å²) < 4.78 is 27.2. The predicted octanol–water partition coefficient (Wildman–Crippen LogP) is 3.76. The molecule has 0 bridgehead atoms. The number of carbonyl (C=O) groups excluding carboxylic acids is 2. The van der Waals surface area contributed by atoms with Crippen molar-refractivity contribution in [1.29, 1.82) is 0 Å². The van der Waals surface area contributed by atoms with Gasteiger partial charge >= 0.3 is 11.9 Å². The predicted molar refractivity (Wildman–Crippen MR) is 105 cm³/mol. The fourth-order valence-corrected chi connectivity index (χ4v) is 3.23. The molecule has 1 aliphatic rings. The zero-order valence-electron chi connectivity index (χ0n) is 16.8. The van der Waals surface area contributed by atoms with E-state index in [0.717, 1.165) is 23.1 Å². The van der Waals surface area contributed by atoms with Crippen LogP contribution >= 0.6 is 0 Å². The van der Waals surface area contributed by atoms with Crippen LogP contribution in [0.4, 0.5) is 0 Å². The molecule has 0 radical (unpaired) electrons. The number of fused-ring (bicyclic) bond motifs is 1. The van der Waals surface area contributed by atoms with Gasteiger partial charge in [0, 0.05) is 17.5 Å². The first kappa shape index (κ1) is 20.5. The summed E-state index contributed by atoms with van der Waals surface area (Å²) in [5.41, 5.74) is 2.88. The second kappa shape index (κ2) is 9.32. The number of benzene rings is 2. The van der Waals surface area contributed by atoms with Gasteiger partial charge in [0.2, 0.25) is 5.75 Å². The molecule has 154 valence electrons. The van der Waals surface area contributed by atoms with Gasteiger partial charge in [-0.3, -0.25) is 4.79 Å². The number of esters is 2. The lowest BCUT2D eigenvalue weighted by Crippen LogP contribution is -2.12. The molecule has 0 saturated heterocycles. The summed E-state index contributed by atoms with van der Waals surface area (Å²) in [6, 6.07) is 9.06. The van der Waals surface area contributed by atoms with Crippen molar-refractivity contribution in [3.05, 3.63) is 41.5 Å². The second-order valence-electron chi connectivity index (χ2n) is 6.40. The van der Waals surface area contributed by atoms with Crippen molar-refractivity contribution in [1.82, 2.24) is 0 Å². The van der Waals surface area contributed by atoms with E-state index in [0.29, 0.717) is 29.2 Å². The molecule has 0 spiro atoms. The highest BCUT2D eigenvalue weighted by Crippen LogP contribution is 2.46. The quantitative estimate of drug-likeness (QED) is 0.468. The summed E-state index contributed by atoms with van der Waals surface area (Å²) in [5, 5.41) is 0. The molecule has 0 aromatic heterocycles. The highest BCUT2D eigenvalue weighted by atomic mass is 16.6. The van der Waals surface area contributed by atoms with Crippen LogP contribution in [0.2, 0.25) is 0 Å². The molecular formula is C22H24O7. The SMILES string of the molecule is CCCC(=O)OCCOc1c(-c2cccc3c2COC3=O)ccc(OC)c1OC. The van der Waals surface area contributed by atoms with Crippen molar-refractivity contribution in [3.8, 4) is 28.4 Å². The maximum absolute atomic E-state index is 11.9. The van der Waals surface area contributed by atoms with E-state index in [-0.39, 0.29) is 31.8 Å². The van der Waals surface area contributed by atoms with Crippen LogP contribution in [-0.4, -0.2) is 39.4 Å². The van der Waals surface area contributed by atoms with Gasteiger partial charge in [0.05, 0.1) is 19.8 Å². The molecule has 0 N–H and O–H groups in total. The van der Waals surface area contributed by atoms with Crippen LogP contribution in [0.3, 0.4) is 0 Å². The number of rotatable bonds is 9. The zero-order chi connectivity index (χ0) is 20.8. The summed E-state index contributed by atoms with van der Waals surface area (Å²) in [6.07, 6.45) is 1.10. The third kappa shape index (κ3) is 4.29. The average molecular weight is 400 g/mol. The van der Waals surface area contributed by atoms with Gasteiger partial charge in [-0.05, 0) is 30.2 Å². The van der Waals surface area contributed by atoms with Gasteiger partial charge < -0.3 is 23.7 Å². The van der Waals surface area contributed by atoms with E-state index in [1.165, 1.54) is 7.11 Å². The zero-order valence-corrected chi connectivity index (χ0v) is 16.8. The van der Waals surface area contributed by atoms with E-state index in [4.69, 9.17) is 23.7 Å². The van der Waals surface area contributed by atoms with Gasteiger partial charge in [-0.1, -0.05) is 19.1 Å². The Labute approximate surface area is 169 Å². The summed E-state index contributed by atoms with van der Waals surface area (Å²) in [5.74, 6) is 0.783. The molecule has 0 unspecified atom stereocenters. The molecule has 1 heterocycles. The van der Waals surface area contributed by atoms with Gasteiger partial charge in [0.1, 0.15) is 19.8 Å². The molecule has 0 atom stereocenters. The Balaban J connectivity index is 1.94. The van der Waals surface area contributed by atoms with E-state index >= 15 is 0 Å². The Morgan fingerprint density at radius 2 is 1.79 bits per heavy atom. The van der Waals surface area contributed by atoms with Crippen molar-refractivity contribution < 1.29 is 33.3 Å². The number of methoxy groups -OCH3 is 2. The monoisotopic (exact) mass is 400 g/mol. The Morgan fingerprint density at radius 3 is 2.52 bits per heavy atom. The molecule has 1 aliphatic heterocycles. The molecule has 0 aliphatic carbocycles. The van der Waals surface area contributed by atoms with Crippen molar-refractivity contribution >= 4 is 11.9 Å². The van der Waals surface area contributed by atoms with Crippen LogP contribution in [0.5, 0.6) is 17.2 Å². The Hall–Kier alpha value is -3.22. The molecule has 0 saturated carbocycles. The van der Waals surface area contributed by atoms with Crippen LogP contribution in [0, 0.1) is 0 Å². The average Bonchev–Trinajstić information content (AvgIpc) is 3.12. The van der Waals surface area contributed by atoms with Gasteiger partial charge in [-0.25, -0.2) is 4.79 Å². The summed E-state index contributed by atoms with van der Waals surface area (Å²) in [4.78, 5) is 23.5. The van der Waals surface area contributed by atoms with Crippen LogP contribution < -0.4 is 14.2 Å². The van der Waals surface area contributed by atoms with Gasteiger partial charge in [0.25, 0.3) is 0 Å². The van der Waals surface area contributed by atoms with E-state index in [1.807, 2.05) is 19.1 Å². The summed E-state index contributed by atoms with van der Waals surface area (Å²) in [7, 11) is 3.07. The standard InChI is InChI=1S/C22H24O7/c1-4-6-19(23)27-11-12-28-20-15(9-10-18(25-2)21(20)26-3)14-7-5-8-16-17(14)13-29-22(16)24/h5,7-10H,4,6,11-13H2,1-3H3. The number of hydrogen-bond donors (Lipinski definition) is 0. The normalized spacial score (nSPS) is 12.2. The van der Waals surface area contributed by atoms with Crippen molar-refractivity contribution in [2.24, 2.45) is 0 Å². The lowest BCUT2D eigenvalue weighted by molar-refractivity contribution is -0.144. The highest BCUT2D eigenvalue weighted by Gasteiger charge is 2.27. The molecule has 2 aromatic rings. The van der Waals surface area contributed by atoms with Crippen molar-refractivity contribution in [3.63, 3.8) is 0 Å². The maximum Gasteiger partial charge on any atom is 0.338 e. The summed E-state index contributed by atoms with van der Waals surface area (Å²) in [6.45, 7) is 2.38. The third-order valence-corrected chi connectivity index (χ3v) is 4.58. The molecule has 7 heteroatoms. The molecule has 3 rings (SSSR count). The topological polar surface area (TPSA) is 80.3 Å². The minimum atomic E-state index is -0.340. The Morgan fingerprint density at radius 1 is 1.00 bits per heavy atom. The summed E-state index contributed by atoms with van der Waals surface area (Å²) >= 11 is 0. The fourth-order valence-electron chi connectivity index (χ4n) is 3.23. The van der Waals surface area contributed by atoms with E-state index in [9.17, 15) is 9.59 Å². The first-order valence-corrected chi connectivity index (χ1v) is 9.43. The van der Waals surface area contributed by atoms with Gasteiger partial charge in [0.15, 0.2) is 11.5 Å². The first-order valence-electron chi connectivity index (χ1n) is 9.43. The Kier molecular flexibility index (Phi) is 6.59. The minimum Gasteiger partial charge on any atom is -0.493 e. The van der Waals surface area contributed by atoms with Crippen LogP contribution in [0.25, 0.3) is 11.1 Å².